The minimum atomic E-state index is -3.62. The van der Waals surface area contributed by atoms with Crippen molar-refractivity contribution >= 4 is 57.1 Å². The Morgan fingerprint density at radius 2 is 0.959 bits per heavy atom. The molecule has 0 spiro atoms. The van der Waals surface area contributed by atoms with Crippen LogP contribution in [0.25, 0.3) is 50.2 Å². The maximum absolute atomic E-state index is 12.3. The second kappa shape index (κ2) is 35.1. The summed E-state index contributed by atoms with van der Waals surface area (Å²) in [6.07, 6.45) is 13.3. The number of hydrogen-bond donors (Lipinski definition) is 8. The zero-order chi connectivity index (χ0) is 68.4. The summed E-state index contributed by atoms with van der Waals surface area (Å²) in [6.45, 7) is 3.54. The van der Waals surface area contributed by atoms with Gasteiger partial charge in [0.05, 0.1) is 58.1 Å². The van der Waals surface area contributed by atoms with Crippen LogP contribution in [0.4, 0.5) is 29.4 Å². The number of nitrogens with two attached hydrogens (primary N) is 1. The molecule has 24 heteroatoms. The van der Waals surface area contributed by atoms with Crippen molar-refractivity contribution in [2.24, 2.45) is 5.92 Å². The van der Waals surface area contributed by atoms with Gasteiger partial charge in [-0.1, -0.05) is 235 Å². The van der Waals surface area contributed by atoms with E-state index in [1.165, 1.54) is 37.5 Å². The van der Waals surface area contributed by atoms with E-state index in [1.54, 1.807) is 77.9 Å². The Morgan fingerprint density at radius 3 is 1.44 bits per heavy atom. The molecular weight excluding hydrogens is 1250 g/mol. The van der Waals surface area contributed by atoms with Gasteiger partial charge in [-0.15, -0.1) is 0 Å². The highest BCUT2D eigenvalue weighted by atomic mass is 32.2. The molecule has 97 heavy (non-hydrogen) atoms. The van der Waals surface area contributed by atoms with Crippen molar-refractivity contribution in [3.8, 4) is 50.2 Å². The Kier molecular flexibility index (Phi) is 25.2. The highest BCUT2D eigenvalue weighted by Gasteiger charge is 2.29. The Hall–Kier alpha value is -11.6. The van der Waals surface area contributed by atoms with Gasteiger partial charge in [0.2, 0.25) is 23.5 Å². The first-order valence-corrected chi connectivity index (χ1v) is 32.6. The number of aromatic nitrogens is 6. The summed E-state index contributed by atoms with van der Waals surface area (Å²) in [7, 11) is -3.62. The lowest BCUT2D eigenvalue weighted by molar-refractivity contribution is -0.127. The molecule has 5 heterocycles. The Balaban J connectivity index is 0.000000143. The van der Waals surface area contributed by atoms with Gasteiger partial charge < -0.3 is 39.1 Å². The van der Waals surface area contributed by atoms with Crippen molar-refractivity contribution in [3.05, 3.63) is 255 Å². The van der Waals surface area contributed by atoms with E-state index in [1.807, 2.05) is 146 Å². The van der Waals surface area contributed by atoms with Crippen LogP contribution < -0.4 is 26.4 Å². The summed E-state index contributed by atoms with van der Waals surface area (Å²) in [6, 6.07) is 63.0. The number of aliphatic hydroxyl groups is 3. The number of carbonyl (C=O) groups excluding carboxylic acids is 3. The monoisotopic (exact) mass is 1330 g/mol. The molecule has 1 aliphatic carbocycles. The summed E-state index contributed by atoms with van der Waals surface area (Å²) in [4.78, 5) is 40.0. The van der Waals surface area contributed by atoms with Crippen LogP contribution in [-0.4, -0.2) is 83.8 Å². The fourth-order valence-electron chi connectivity index (χ4n) is 10.2. The second-order valence-corrected chi connectivity index (χ2v) is 23.7. The highest BCUT2D eigenvalue weighted by molar-refractivity contribution is 7.92. The first-order valence-electron chi connectivity index (χ1n) is 31.1. The molecule has 12 aromatic rings. The molecule has 0 saturated heterocycles. The van der Waals surface area contributed by atoms with Crippen molar-refractivity contribution in [2.75, 3.05) is 26.4 Å². The third-order valence-corrected chi connectivity index (χ3v) is 16.5. The summed E-state index contributed by atoms with van der Waals surface area (Å²) in [5, 5.41) is 51.9. The lowest BCUT2D eigenvalue weighted by atomic mass is 9.85. The fraction of sp³-hybridized carbons (Fsp3) is 0.178. The van der Waals surface area contributed by atoms with E-state index in [-0.39, 0.29) is 28.5 Å². The Morgan fingerprint density at radius 1 is 0.526 bits per heavy atom. The van der Waals surface area contributed by atoms with Gasteiger partial charge in [-0.05, 0) is 89.8 Å². The maximum atomic E-state index is 12.3. The minimum absolute atomic E-state index is 0.0387. The third-order valence-electron chi connectivity index (χ3n) is 15.2. The van der Waals surface area contributed by atoms with E-state index in [4.69, 9.17) is 28.9 Å². The number of benzene rings is 7. The molecule has 5 aromatic heterocycles. The molecule has 7 aromatic carbocycles. The van der Waals surface area contributed by atoms with Crippen LogP contribution in [0.3, 0.4) is 0 Å². The quantitative estimate of drug-likeness (QED) is 0.0396. The zero-order valence-electron chi connectivity index (χ0n) is 53.0. The molecule has 498 valence electrons. The molecule has 3 unspecified atom stereocenters. The SMILES string of the molecule is CC(O)C(=O)Nc1oncc1-c1ccccc1.CCCc1ccccc1-c1cnoc1N.O=C(Nc1oncc1-c1ccccc1)C(O)C1CCCCC1.O=C(Nc1oncc1-c1ccccc1)C(O)c1ccccc1.O=S(=O)(Nc1cncn1-c1ccccc1)c1ccccc1. The van der Waals surface area contributed by atoms with Crippen LogP contribution in [0.5, 0.6) is 0 Å². The lowest BCUT2D eigenvalue weighted by Crippen LogP contribution is -2.35. The van der Waals surface area contributed by atoms with Crippen LogP contribution in [0, 0.1) is 5.92 Å². The number of sulfonamides is 1. The average molecular weight is 1330 g/mol. The molecular formula is C73H73N11O12S. The molecule has 0 aliphatic heterocycles. The largest absolute Gasteiger partial charge is 0.384 e. The zero-order valence-corrected chi connectivity index (χ0v) is 53.9. The molecule has 1 fully saturated rings. The number of carbonyl (C=O) groups is 3. The molecule has 9 N–H and O–H groups in total. The van der Waals surface area contributed by atoms with E-state index < -0.39 is 46.1 Å². The van der Waals surface area contributed by atoms with Gasteiger partial charge in [-0.2, -0.15) is 0 Å². The predicted molar refractivity (Wildman–Crippen MR) is 369 cm³/mol. The molecule has 3 amide bonds. The topological polar surface area (TPSA) is 342 Å². The normalized spacial score (nSPS) is 12.8. The molecule has 0 radical (unpaired) electrons. The number of amides is 3. The highest BCUT2D eigenvalue weighted by Crippen LogP contribution is 2.33. The van der Waals surface area contributed by atoms with Crippen LogP contribution in [0.2, 0.25) is 0 Å². The average Bonchev–Trinajstić information content (AvgIpc) is 1.85. The first kappa shape index (κ1) is 69.8. The van der Waals surface area contributed by atoms with E-state index in [0.717, 1.165) is 72.0 Å². The summed E-state index contributed by atoms with van der Waals surface area (Å²) < 4.78 is 48.9. The predicted octanol–water partition coefficient (Wildman–Crippen LogP) is 13.4. The van der Waals surface area contributed by atoms with Crippen molar-refractivity contribution in [2.45, 2.75) is 82.0 Å². The van der Waals surface area contributed by atoms with E-state index >= 15 is 0 Å². The van der Waals surface area contributed by atoms with E-state index in [2.05, 4.69) is 59.3 Å². The van der Waals surface area contributed by atoms with Gasteiger partial charge >= 0.3 is 0 Å². The number of para-hydroxylation sites is 1. The molecule has 23 nitrogen and oxygen atoms in total. The number of aliphatic hydroxyl groups excluding tert-OH is 3. The lowest BCUT2D eigenvalue weighted by Gasteiger charge is -2.25. The standard InChI is InChI=1S/C17H20N2O3.C17H14N2O3.C15H13N3O2S.C12H12N2O3.C12H14N2O/c2*20-15(13-9-5-2-6-10-13)16(21)19-17-14(11-18-22-17)12-7-3-1-4-8-12;19-21(20,14-9-5-2-6-10-14)17-15-11-16-12-18(15)13-7-3-1-4-8-13;1-8(15)11(16)14-12-10(7-13-17-12)9-5-3-2-4-6-9;1-2-5-9-6-3-4-7-10(9)11-8-14-15-12(11)13/h1,3-4,7-8,11,13,15,20H,2,5-6,9-10H2,(H,19,21);1-11,15,20H,(H,19,21);1-12,17H;2-8,15H,1H3,(H,14,16);3-4,6-8H,2,5,13H2,1H3. The number of nitrogen functional groups attached to an aromatic ring is 1. The van der Waals surface area contributed by atoms with Crippen molar-refractivity contribution < 1.29 is 56.2 Å². The van der Waals surface area contributed by atoms with Gasteiger partial charge in [0.25, 0.3) is 27.7 Å². The van der Waals surface area contributed by atoms with Crippen molar-refractivity contribution in [3.63, 3.8) is 0 Å². The van der Waals surface area contributed by atoms with Gasteiger partial charge in [0.15, 0.2) is 6.10 Å². The minimum Gasteiger partial charge on any atom is -0.384 e. The molecule has 1 aliphatic rings. The fourth-order valence-corrected chi connectivity index (χ4v) is 11.2. The van der Waals surface area contributed by atoms with Gasteiger partial charge in [-0.25, -0.2) is 13.4 Å². The van der Waals surface area contributed by atoms with Crippen molar-refractivity contribution in [1.29, 1.82) is 0 Å². The first-order chi connectivity index (χ1) is 47.2. The molecule has 0 bridgehead atoms. The summed E-state index contributed by atoms with van der Waals surface area (Å²) in [5.41, 5.74) is 15.1. The van der Waals surface area contributed by atoms with Gasteiger partial charge in [0.1, 0.15) is 24.4 Å². The Labute approximate surface area is 560 Å². The number of imidazole rings is 1. The number of aryl methyl sites for hydroxylation is 1. The third kappa shape index (κ3) is 19.5. The van der Waals surface area contributed by atoms with Gasteiger partial charge in [-0.3, -0.25) is 39.6 Å². The van der Waals surface area contributed by atoms with E-state index in [0.29, 0.717) is 34.0 Å². The summed E-state index contributed by atoms with van der Waals surface area (Å²) in [5.74, 6) is 0.0414. The maximum Gasteiger partial charge on any atom is 0.263 e. The van der Waals surface area contributed by atoms with Crippen molar-refractivity contribution in [1.82, 2.24) is 30.2 Å². The number of hydrogen-bond acceptors (Lipinski definition) is 18. The summed E-state index contributed by atoms with van der Waals surface area (Å²) >= 11 is 0. The number of rotatable bonds is 18. The Bertz CT molecular complexity index is 4470. The van der Waals surface area contributed by atoms with Crippen LogP contribution in [0.15, 0.2) is 267 Å². The van der Waals surface area contributed by atoms with Crippen LogP contribution in [-0.2, 0) is 30.8 Å². The molecule has 1 saturated carbocycles. The number of anilines is 5. The second-order valence-electron chi connectivity index (χ2n) is 22.0. The van der Waals surface area contributed by atoms with Crippen LogP contribution in [0.1, 0.15) is 69.6 Å². The van der Waals surface area contributed by atoms with Crippen LogP contribution >= 0.6 is 0 Å². The van der Waals surface area contributed by atoms with Gasteiger partial charge in [0, 0.05) is 5.69 Å². The smallest absolute Gasteiger partial charge is 0.263 e. The van der Waals surface area contributed by atoms with E-state index in [9.17, 15) is 33.0 Å². The number of nitrogens with one attached hydrogen (secondary N) is 4. The number of nitrogens with zero attached hydrogens (tertiary/aromatic N) is 6. The molecule has 13 rings (SSSR count). The molecule has 3 atom stereocenters.